The van der Waals surface area contributed by atoms with Crippen LogP contribution in [-0.4, -0.2) is 27.6 Å². The second-order valence-electron chi connectivity index (χ2n) is 9.09. The fraction of sp³-hybridized carbons (Fsp3) is 0.727. The van der Waals surface area contributed by atoms with Crippen molar-refractivity contribution in [2.75, 3.05) is 13.2 Å². The highest BCUT2D eigenvalue weighted by molar-refractivity contribution is 6.84. The maximum atomic E-state index is 5.83. The average molecular weight is 363 g/mol. The van der Waals surface area contributed by atoms with Gasteiger partial charge in [-0.2, -0.15) is 0 Å². The van der Waals surface area contributed by atoms with Gasteiger partial charge in [0.25, 0.3) is 0 Å². The third kappa shape index (κ3) is 6.54. The molecular weight excluding hydrogens is 324 g/mol. The Bertz CT molecular complexity index is 503. The summed E-state index contributed by atoms with van der Waals surface area (Å²) in [7, 11) is -1.36. The van der Waals surface area contributed by atoms with E-state index in [4.69, 9.17) is 9.47 Å². The topological polar surface area (TPSA) is 18.5 Å². The Morgan fingerprint density at radius 1 is 1.04 bits per heavy atom. The van der Waals surface area contributed by atoms with Crippen molar-refractivity contribution in [3.8, 4) is 0 Å². The number of rotatable bonds is 6. The fourth-order valence-corrected chi connectivity index (χ4v) is 4.21. The van der Waals surface area contributed by atoms with E-state index in [0.29, 0.717) is 11.6 Å². The third-order valence-corrected chi connectivity index (χ3v) is 10.9. The molecule has 0 aromatic carbocycles. The average Bonchev–Trinajstić information content (AvgIpc) is 2.58. The summed E-state index contributed by atoms with van der Waals surface area (Å²) in [5.41, 5.74) is 5.60. The number of ether oxygens (including phenoxy) is 2. The zero-order valence-corrected chi connectivity index (χ0v) is 18.1. The molecule has 1 saturated heterocycles. The van der Waals surface area contributed by atoms with Crippen LogP contribution in [-0.2, 0) is 9.47 Å². The minimum atomic E-state index is -1.36. The lowest BCUT2D eigenvalue weighted by atomic mass is 9.91. The molecule has 25 heavy (non-hydrogen) atoms. The number of hydrogen-bond acceptors (Lipinski definition) is 2. The molecule has 0 radical (unpaired) electrons. The Balaban J connectivity index is 1.96. The summed E-state index contributed by atoms with van der Waals surface area (Å²) < 4.78 is 11.4. The van der Waals surface area contributed by atoms with E-state index in [1.807, 2.05) is 0 Å². The van der Waals surface area contributed by atoms with E-state index in [1.165, 1.54) is 44.1 Å². The lowest BCUT2D eigenvalue weighted by molar-refractivity contribution is -0.155. The summed E-state index contributed by atoms with van der Waals surface area (Å²) in [6.07, 6.45) is 15.4. The van der Waals surface area contributed by atoms with Crippen LogP contribution in [0.5, 0.6) is 0 Å². The molecule has 0 saturated carbocycles. The molecular formula is C22H38O2Si. The summed E-state index contributed by atoms with van der Waals surface area (Å²) in [5.74, 6) is 0. The molecule has 0 amide bonds. The third-order valence-electron chi connectivity index (χ3n) is 6.02. The van der Waals surface area contributed by atoms with Crippen LogP contribution in [0.4, 0.5) is 0 Å². The van der Waals surface area contributed by atoms with Crippen LogP contribution in [0.1, 0.15) is 65.7 Å². The van der Waals surface area contributed by atoms with Crippen LogP contribution in [0.3, 0.4) is 0 Å². The van der Waals surface area contributed by atoms with Crippen LogP contribution >= 0.6 is 0 Å². The molecule has 2 rings (SSSR count). The Morgan fingerprint density at radius 3 is 2.32 bits per heavy atom. The van der Waals surface area contributed by atoms with Crippen molar-refractivity contribution < 1.29 is 9.47 Å². The van der Waals surface area contributed by atoms with Gasteiger partial charge in [-0.05, 0) is 61.1 Å². The van der Waals surface area contributed by atoms with E-state index in [-0.39, 0.29) is 6.29 Å². The largest absolute Gasteiger partial charge is 0.353 e. The van der Waals surface area contributed by atoms with Crippen molar-refractivity contribution in [1.29, 1.82) is 0 Å². The number of hydrogen-bond donors (Lipinski definition) is 0. The van der Waals surface area contributed by atoms with Crippen molar-refractivity contribution in [1.82, 2.24) is 0 Å². The van der Waals surface area contributed by atoms with Gasteiger partial charge in [0.2, 0.25) is 0 Å². The normalized spacial score (nSPS) is 23.8. The van der Waals surface area contributed by atoms with Gasteiger partial charge < -0.3 is 9.47 Å². The van der Waals surface area contributed by atoms with Gasteiger partial charge in [0.15, 0.2) is 6.29 Å². The Kier molecular flexibility index (Phi) is 7.72. The standard InChI is InChI=1S/C22H38O2Si/c1-22(2,3)25(4,5)18-15-20-12-7-6-11-19(20)13-10-17-24-21-14-8-9-16-23-21/h10,13,15,18,21H,6-9,11-12,14,16-17H2,1-5H3/b13-10+,18-15+. The van der Waals surface area contributed by atoms with Gasteiger partial charge in [0.1, 0.15) is 0 Å². The van der Waals surface area contributed by atoms with Crippen LogP contribution in [0.2, 0.25) is 18.1 Å². The van der Waals surface area contributed by atoms with E-state index in [9.17, 15) is 0 Å². The fourth-order valence-electron chi connectivity index (χ4n) is 3.09. The van der Waals surface area contributed by atoms with Crippen molar-refractivity contribution in [3.05, 3.63) is 35.1 Å². The molecule has 2 aliphatic rings. The highest BCUT2D eigenvalue weighted by Gasteiger charge is 2.32. The summed E-state index contributed by atoms with van der Waals surface area (Å²) in [5, 5.41) is 0.405. The lowest BCUT2D eigenvalue weighted by Gasteiger charge is -2.34. The lowest BCUT2D eigenvalue weighted by Crippen LogP contribution is -2.34. The van der Waals surface area contributed by atoms with E-state index >= 15 is 0 Å². The maximum Gasteiger partial charge on any atom is 0.157 e. The SMILES string of the molecule is CC(C)(C)[Si](C)(C)/C=C/C1=C(/C=C/COC2CCCCO2)CCCC1. The second kappa shape index (κ2) is 9.34. The minimum Gasteiger partial charge on any atom is -0.353 e. The summed E-state index contributed by atoms with van der Waals surface area (Å²) in [4.78, 5) is 0. The van der Waals surface area contributed by atoms with E-state index < -0.39 is 8.07 Å². The van der Waals surface area contributed by atoms with Gasteiger partial charge in [-0.1, -0.05) is 57.8 Å². The molecule has 1 aliphatic heterocycles. The molecule has 0 N–H and O–H groups in total. The molecule has 0 spiro atoms. The van der Waals surface area contributed by atoms with Gasteiger partial charge in [0, 0.05) is 6.61 Å². The molecule has 0 aromatic heterocycles. The zero-order valence-electron chi connectivity index (χ0n) is 17.1. The Labute approximate surface area is 156 Å². The molecule has 1 heterocycles. The maximum absolute atomic E-state index is 5.83. The molecule has 1 fully saturated rings. The van der Waals surface area contributed by atoms with Gasteiger partial charge in [-0.25, -0.2) is 0 Å². The van der Waals surface area contributed by atoms with Gasteiger partial charge in [-0.15, -0.1) is 0 Å². The first-order chi connectivity index (χ1) is 11.8. The summed E-state index contributed by atoms with van der Waals surface area (Å²) >= 11 is 0. The zero-order chi connectivity index (χ0) is 18.3. The minimum absolute atomic E-state index is 0.0108. The Hall–Kier alpha value is -0.643. The molecule has 1 unspecified atom stereocenters. The van der Waals surface area contributed by atoms with E-state index in [2.05, 4.69) is 57.8 Å². The molecule has 1 aliphatic carbocycles. The van der Waals surface area contributed by atoms with Crippen LogP contribution in [0, 0.1) is 0 Å². The molecule has 1 atom stereocenters. The monoisotopic (exact) mass is 362 g/mol. The molecule has 0 bridgehead atoms. The molecule has 142 valence electrons. The van der Waals surface area contributed by atoms with E-state index in [0.717, 1.165) is 13.0 Å². The smallest absolute Gasteiger partial charge is 0.157 e. The van der Waals surface area contributed by atoms with Gasteiger partial charge in [0.05, 0.1) is 14.7 Å². The first-order valence-corrected chi connectivity index (χ1v) is 13.2. The van der Waals surface area contributed by atoms with Crippen LogP contribution in [0.15, 0.2) is 35.1 Å². The van der Waals surface area contributed by atoms with Crippen molar-refractivity contribution in [2.24, 2.45) is 0 Å². The highest BCUT2D eigenvalue weighted by atomic mass is 28.3. The summed E-state index contributed by atoms with van der Waals surface area (Å²) in [6, 6.07) is 0. The predicted molar refractivity (Wildman–Crippen MR) is 111 cm³/mol. The van der Waals surface area contributed by atoms with Crippen molar-refractivity contribution >= 4 is 8.07 Å². The molecule has 0 aromatic rings. The van der Waals surface area contributed by atoms with Crippen LogP contribution < -0.4 is 0 Å². The highest BCUT2D eigenvalue weighted by Crippen LogP contribution is 2.37. The van der Waals surface area contributed by atoms with E-state index in [1.54, 1.807) is 5.57 Å². The first-order valence-electron chi connectivity index (χ1n) is 10.1. The molecule has 2 nitrogen and oxygen atoms in total. The first kappa shape index (κ1) is 20.7. The number of allylic oxidation sites excluding steroid dienone is 4. The van der Waals surface area contributed by atoms with Crippen molar-refractivity contribution in [3.63, 3.8) is 0 Å². The molecule has 3 heteroatoms. The second-order valence-corrected chi connectivity index (χ2v) is 14.4. The van der Waals surface area contributed by atoms with Crippen LogP contribution in [0.25, 0.3) is 0 Å². The van der Waals surface area contributed by atoms with Crippen molar-refractivity contribution in [2.45, 2.75) is 90.1 Å². The van der Waals surface area contributed by atoms with Gasteiger partial charge in [-0.3, -0.25) is 0 Å². The predicted octanol–water partition coefficient (Wildman–Crippen LogP) is 6.56. The quantitative estimate of drug-likeness (QED) is 0.498. The summed E-state index contributed by atoms with van der Waals surface area (Å²) in [6.45, 7) is 13.6. The van der Waals surface area contributed by atoms with Gasteiger partial charge >= 0.3 is 0 Å². The Morgan fingerprint density at radius 2 is 1.72 bits per heavy atom.